The Bertz CT molecular complexity index is 978. The zero-order chi connectivity index (χ0) is 23.8. The highest BCUT2D eigenvalue weighted by Gasteiger charge is 2.67. The highest BCUT2D eigenvalue weighted by Crippen LogP contribution is 2.62. The van der Waals surface area contributed by atoms with E-state index < -0.39 is 23.6 Å². The van der Waals surface area contributed by atoms with Crippen LogP contribution in [-0.2, 0) is 14.3 Å². The van der Waals surface area contributed by atoms with Gasteiger partial charge in [0.25, 0.3) is 0 Å². The minimum atomic E-state index is -0.709. The molecule has 34 heavy (non-hydrogen) atoms. The van der Waals surface area contributed by atoms with Crippen molar-refractivity contribution in [2.75, 3.05) is 13.2 Å². The fourth-order valence-electron chi connectivity index (χ4n) is 7.03. The van der Waals surface area contributed by atoms with Gasteiger partial charge in [-0.05, 0) is 37.5 Å². The number of hydrogen-bond acceptors (Lipinski definition) is 6. The monoisotopic (exact) mass is 471 g/mol. The molecule has 1 spiro atoms. The molecule has 0 radical (unpaired) electrons. The molecule has 3 aliphatic carbocycles. The van der Waals surface area contributed by atoms with Crippen molar-refractivity contribution in [3.05, 3.63) is 11.9 Å². The summed E-state index contributed by atoms with van der Waals surface area (Å²) < 4.78 is 7.66. The van der Waals surface area contributed by atoms with E-state index in [1.165, 1.54) is 6.42 Å². The molecule has 2 aliphatic heterocycles. The number of nitrogens with zero attached hydrogens (tertiary/aromatic N) is 4. The Hall–Kier alpha value is -2.00. The van der Waals surface area contributed by atoms with Crippen LogP contribution in [0.5, 0.6) is 0 Å². The predicted octanol–water partition coefficient (Wildman–Crippen LogP) is 1.78. The van der Waals surface area contributed by atoms with Crippen LogP contribution in [0.1, 0.15) is 83.4 Å². The summed E-state index contributed by atoms with van der Waals surface area (Å²) in [5, 5.41) is 22.4. The lowest BCUT2D eigenvalue weighted by Crippen LogP contribution is -2.72. The molecule has 9 heteroatoms. The summed E-state index contributed by atoms with van der Waals surface area (Å²) in [6, 6.07) is -1.15. The fraction of sp³-hybridized carbons (Fsp3) is 0.840. The van der Waals surface area contributed by atoms with Crippen molar-refractivity contribution in [1.82, 2.24) is 25.2 Å². The molecule has 6 rings (SSSR count). The van der Waals surface area contributed by atoms with Crippen molar-refractivity contribution in [1.29, 1.82) is 0 Å². The maximum Gasteiger partial charge on any atom is 0.248 e. The summed E-state index contributed by atoms with van der Waals surface area (Å²) in [6.07, 6.45) is 8.30. The number of carbonyl (C=O) groups excluding carboxylic acids is 2. The maximum atomic E-state index is 13.9. The van der Waals surface area contributed by atoms with Gasteiger partial charge in [0.1, 0.15) is 12.1 Å². The van der Waals surface area contributed by atoms with Crippen LogP contribution in [0.15, 0.2) is 6.20 Å². The molecule has 2 N–H and O–H groups in total. The summed E-state index contributed by atoms with van der Waals surface area (Å²) in [4.78, 5) is 29.1. The van der Waals surface area contributed by atoms with Crippen LogP contribution in [-0.4, -0.2) is 74.3 Å². The lowest BCUT2D eigenvalue weighted by atomic mass is 9.46. The lowest BCUT2D eigenvalue weighted by molar-refractivity contribution is -0.180. The van der Waals surface area contributed by atoms with Gasteiger partial charge in [0.15, 0.2) is 0 Å². The number of amides is 2. The number of carbonyl (C=O) groups is 2. The van der Waals surface area contributed by atoms with E-state index in [1.54, 1.807) is 9.58 Å². The molecule has 9 nitrogen and oxygen atoms in total. The number of aliphatic hydroxyl groups is 1. The average molecular weight is 472 g/mol. The van der Waals surface area contributed by atoms with Crippen LogP contribution in [0.25, 0.3) is 0 Å². The summed E-state index contributed by atoms with van der Waals surface area (Å²) in [5.41, 5.74) is 0.580. The molecule has 6 atom stereocenters. The number of hydrogen-bond donors (Lipinski definition) is 2. The van der Waals surface area contributed by atoms with Gasteiger partial charge in [-0.1, -0.05) is 32.4 Å². The molecule has 1 aromatic rings. The van der Waals surface area contributed by atoms with Crippen molar-refractivity contribution in [3.63, 3.8) is 0 Å². The predicted molar refractivity (Wildman–Crippen MR) is 123 cm³/mol. The number of aliphatic hydroxyl groups excluding tert-OH is 1. The van der Waals surface area contributed by atoms with Gasteiger partial charge in [-0.25, -0.2) is 4.68 Å². The average Bonchev–Trinajstić information content (AvgIpc) is 3.13. The Morgan fingerprint density at radius 3 is 2.68 bits per heavy atom. The largest absolute Gasteiger partial charge is 0.391 e. The van der Waals surface area contributed by atoms with Crippen molar-refractivity contribution < 1.29 is 19.4 Å². The Kier molecular flexibility index (Phi) is 5.12. The first-order valence-electron chi connectivity index (χ1n) is 13.0. The molecule has 3 heterocycles. The van der Waals surface area contributed by atoms with Crippen molar-refractivity contribution in [2.45, 2.75) is 102 Å². The second kappa shape index (κ2) is 7.75. The zero-order valence-electron chi connectivity index (χ0n) is 20.4. The van der Waals surface area contributed by atoms with Crippen LogP contribution < -0.4 is 5.32 Å². The second-order valence-corrected chi connectivity index (χ2v) is 12.4. The third-order valence-corrected chi connectivity index (χ3v) is 9.04. The van der Waals surface area contributed by atoms with Crippen LogP contribution in [0.4, 0.5) is 0 Å². The van der Waals surface area contributed by atoms with Gasteiger partial charge >= 0.3 is 0 Å². The number of likely N-dealkylation sites (tertiary alicyclic amines) is 1. The van der Waals surface area contributed by atoms with Crippen molar-refractivity contribution >= 4 is 11.8 Å². The smallest absolute Gasteiger partial charge is 0.248 e. The van der Waals surface area contributed by atoms with Crippen molar-refractivity contribution in [3.8, 4) is 0 Å². The Labute approximate surface area is 200 Å². The summed E-state index contributed by atoms with van der Waals surface area (Å²) >= 11 is 0. The molecule has 0 aromatic carbocycles. The van der Waals surface area contributed by atoms with Gasteiger partial charge in [-0.3, -0.25) is 9.59 Å². The number of fused-ring (bicyclic) bond motifs is 2. The maximum absolute atomic E-state index is 13.9. The molecular formula is C25H37N5O4. The lowest BCUT2D eigenvalue weighted by Gasteiger charge is -2.63. The van der Waals surface area contributed by atoms with Gasteiger partial charge < -0.3 is 20.1 Å². The van der Waals surface area contributed by atoms with Crippen LogP contribution >= 0.6 is 0 Å². The molecule has 0 bridgehead atoms. The van der Waals surface area contributed by atoms with Crippen LogP contribution in [0, 0.1) is 16.7 Å². The molecule has 186 valence electrons. The first-order chi connectivity index (χ1) is 16.2. The minimum absolute atomic E-state index is 0.0801. The molecular weight excluding hydrogens is 434 g/mol. The van der Waals surface area contributed by atoms with E-state index in [2.05, 4.69) is 15.6 Å². The SMILES string of the molecule is CC(C)(C)[C@@H](C(=O)N1C[C@H](O)C[C@H]1C(=O)NC1C2CCOC2C12CCC2)n1cc(C2CC2)nn1. The Balaban J connectivity index is 1.22. The first kappa shape index (κ1) is 22.5. The van der Waals surface area contributed by atoms with Gasteiger partial charge in [0.05, 0.1) is 17.9 Å². The Morgan fingerprint density at radius 1 is 1.26 bits per heavy atom. The summed E-state index contributed by atoms with van der Waals surface area (Å²) in [6.45, 7) is 6.95. The van der Waals surface area contributed by atoms with E-state index in [9.17, 15) is 14.7 Å². The fourth-order valence-corrected chi connectivity index (χ4v) is 7.03. The minimum Gasteiger partial charge on any atom is -0.391 e. The van der Waals surface area contributed by atoms with E-state index in [-0.39, 0.29) is 42.3 Å². The summed E-state index contributed by atoms with van der Waals surface area (Å²) in [7, 11) is 0. The molecule has 5 aliphatic rings. The highest BCUT2D eigenvalue weighted by molar-refractivity contribution is 5.90. The molecule has 5 fully saturated rings. The summed E-state index contributed by atoms with van der Waals surface area (Å²) in [5.74, 6) is 0.501. The standard InChI is InChI=1S/C25H37N5O4/c1-24(2,3)20(30-13-17(27-28-30)14-5-6-14)23(33)29-12-15(31)11-18(29)22(32)26-19-16-7-10-34-21(16)25(19)8-4-9-25/h13-16,18-21,31H,4-12H2,1-3H3,(H,26,32)/t15-,16?,18+,19?,20-,21?/m1/s1. The third kappa shape index (κ3) is 3.41. The molecule has 1 aromatic heterocycles. The number of β-amino-alcohol motifs (C(OH)–C–C–N with tert-alkyl or cyclic N) is 1. The quantitative estimate of drug-likeness (QED) is 0.678. The molecule has 3 saturated carbocycles. The number of aromatic nitrogens is 3. The number of rotatable bonds is 5. The van der Waals surface area contributed by atoms with Gasteiger partial charge in [0, 0.05) is 49.1 Å². The second-order valence-electron chi connectivity index (χ2n) is 12.4. The van der Waals surface area contributed by atoms with E-state index >= 15 is 0 Å². The zero-order valence-corrected chi connectivity index (χ0v) is 20.4. The molecule has 2 amide bonds. The number of ether oxygens (including phenoxy) is 1. The van der Waals surface area contributed by atoms with E-state index in [1.807, 2.05) is 27.0 Å². The van der Waals surface area contributed by atoms with Crippen molar-refractivity contribution in [2.24, 2.45) is 16.7 Å². The van der Waals surface area contributed by atoms with E-state index in [4.69, 9.17) is 4.74 Å². The first-order valence-corrected chi connectivity index (χ1v) is 13.0. The molecule has 2 saturated heterocycles. The molecule has 3 unspecified atom stereocenters. The van der Waals surface area contributed by atoms with Gasteiger partial charge in [0.2, 0.25) is 11.8 Å². The van der Waals surface area contributed by atoms with E-state index in [0.717, 1.165) is 44.4 Å². The Morgan fingerprint density at radius 2 is 2.03 bits per heavy atom. The normalized spacial score (nSPS) is 34.9. The van der Waals surface area contributed by atoms with Crippen LogP contribution in [0.3, 0.4) is 0 Å². The number of nitrogens with one attached hydrogen (secondary N) is 1. The topological polar surface area (TPSA) is 110 Å². The van der Waals surface area contributed by atoms with Gasteiger partial charge in [-0.15, -0.1) is 5.10 Å². The van der Waals surface area contributed by atoms with Gasteiger partial charge in [-0.2, -0.15) is 0 Å². The third-order valence-electron chi connectivity index (χ3n) is 9.04. The van der Waals surface area contributed by atoms with Crippen LogP contribution in [0.2, 0.25) is 0 Å². The highest BCUT2D eigenvalue weighted by atomic mass is 16.5. The van der Waals surface area contributed by atoms with E-state index in [0.29, 0.717) is 11.8 Å².